The number of nitrogens with one attached hydrogen (secondary N) is 1. The predicted molar refractivity (Wildman–Crippen MR) is 81.4 cm³/mol. The Hall–Kier alpha value is -1.75. The van der Waals surface area contributed by atoms with Gasteiger partial charge in [-0.1, -0.05) is 12.8 Å². The Morgan fingerprint density at radius 2 is 2.00 bits per heavy atom. The third kappa shape index (κ3) is 4.11. The van der Waals surface area contributed by atoms with Gasteiger partial charge >= 0.3 is 0 Å². The second kappa shape index (κ2) is 6.80. The molecule has 21 heavy (non-hydrogen) atoms. The van der Waals surface area contributed by atoms with Crippen LogP contribution >= 0.6 is 0 Å². The van der Waals surface area contributed by atoms with Crippen LogP contribution in [0.3, 0.4) is 0 Å². The van der Waals surface area contributed by atoms with Crippen LogP contribution in [0.2, 0.25) is 0 Å². The molecule has 0 saturated heterocycles. The van der Waals surface area contributed by atoms with E-state index >= 15 is 0 Å². The minimum atomic E-state index is -0.311. The molecular formula is C16H24N2O3. The maximum absolute atomic E-state index is 12.0. The summed E-state index contributed by atoms with van der Waals surface area (Å²) in [6.45, 7) is 0.433. The smallest absolute Gasteiger partial charge is 0.222 e. The summed E-state index contributed by atoms with van der Waals surface area (Å²) in [7, 11) is 3.21. The van der Waals surface area contributed by atoms with E-state index in [1.165, 1.54) is 0 Å². The molecule has 1 aromatic rings. The molecule has 1 aliphatic carbocycles. The molecule has 0 bridgehead atoms. The number of carbonyl (C=O) groups is 1. The van der Waals surface area contributed by atoms with Crippen LogP contribution in [0.4, 0.5) is 0 Å². The Kier molecular flexibility index (Phi) is 5.07. The maximum Gasteiger partial charge on any atom is 0.222 e. The molecule has 0 aliphatic heterocycles. The van der Waals surface area contributed by atoms with E-state index in [-0.39, 0.29) is 11.4 Å². The molecule has 1 amide bonds. The van der Waals surface area contributed by atoms with Gasteiger partial charge in [0, 0.05) is 30.1 Å². The van der Waals surface area contributed by atoms with Crippen molar-refractivity contribution in [1.82, 2.24) is 5.32 Å². The molecule has 1 aliphatic rings. The lowest BCUT2D eigenvalue weighted by Crippen LogP contribution is -2.42. The zero-order valence-corrected chi connectivity index (χ0v) is 12.8. The fourth-order valence-electron chi connectivity index (χ4n) is 2.83. The highest BCUT2D eigenvalue weighted by Crippen LogP contribution is 2.30. The van der Waals surface area contributed by atoms with Crippen LogP contribution in [-0.2, 0) is 11.3 Å². The number of rotatable bonds is 6. The van der Waals surface area contributed by atoms with E-state index in [9.17, 15) is 4.79 Å². The molecule has 0 radical (unpaired) electrons. The van der Waals surface area contributed by atoms with Crippen molar-refractivity contribution in [2.45, 2.75) is 44.2 Å². The lowest BCUT2D eigenvalue weighted by molar-refractivity contribution is -0.122. The number of hydrogen-bond acceptors (Lipinski definition) is 4. The van der Waals surface area contributed by atoms with Gasteiger partial charge in [0.2, 0.25) is 5.91 Å². The molecule has 2 rings (SSSR count). The van der Waals surface area contributed by atoms with Crippen molar-refractivity contribution in [2.75, 3.05) is 14.2 Å². The highest BCUT2D eigenvalue weighted by atomic mass is 16.5. The number of benzene rings is 1. The Labute approximate surface area is 125 Å². The monoisotopic (exact) mass is 292 g/mol. The first-order chi connectivity index (χ1) is 10.1. The minimum Gasteiger partial charge on any atom is -0.497 e. The van der Waals surface area contributed by atoms with E-state index in [1.807, 2.05) is 18.2 Å². The predicted octanol–water partition coefficient (Wildman–Crippen LogP) is 1.98. The van der Waals surface area contributed by atoms with Gasteiger partial charge in [0.25, 0.3) is 0 Å². The molecule has 0 aromatic heterocycles. The van der Waals surface area contributed by atoms with E-state index in [1.54, 1.807) is 14.2 Å². The highest BCUT2D eigenvalue weighted by molar-refractivity contribution is 5.77. The van der Waals surface area contributed by atoms with Crippen LogP contribution in [0.1, 0.15) is 37.7 Å². The van der Waals surface area contributed by atoms with Gasteiger partial charge in [-0.25, -0.2) is 0 Å². The summed E-state index contributed by atoms with van der Waals surface area (Å²) in [5, 5.41) is 2.92. The Morgan fingerprint density at radius 1 is 1.29 bits per heavy atom. The van der Waals surface area contributed by atoms with Crippen LogP contribution in [0.5, 0.6) is 11.5 Å². The molecule has 0 heterocycles. The summed E-state index contributed by atoms with van der Waals surface area (Å²) in [6.07, 6.45) is 4.51. The molecule has 0 spiro atoms. The van der Waals surface area contributed by atoms with Crippen molar-refractivity contribution in [1.29, 1.82) is 0 Å². The molecule has 3 N–H and O–H groups in total. The molecule has 0 unspecified atom stereocenters. The largest absolute Gasteiger partial charge is 0.497 e. The zero-order chi connectivity index (χ0) is 15.3. The van der Waals surface area contributed by atoms with Crippen molar-refractivity contribution < 1.29 is 14.3 Å². The van der Waals surface area contributed by atoms with Gasteiger partial charge < -0.3 is 20.5 Å². The van der Waals surface area contributed by atoms with Gasteiger partial charge in [-0.05, 0) is 25.0 Å². The molecule has 5 nitrogen and oxygen atoms in total. The SMILES string of the molecule is COc1ccc(CNC(=O)CC2(N)CCCC2)c(OC)c1. The van der Waals surface area contributed by atoms with Gasteiger partial charge in [0.1, 0.15) is 11.5 Å². The number of carbonyl (C=O) groups excluding carboxylic acids is 1. The average Bonchev–Trinajstić information content (AvgIpc) is 2.91. The van der Waals surface area contributed by atoms with Gasteiger partial charge in [-0.2, -0.15) is 0 Å². The zero-order valence-electron chi connectivity index (χ0n) is 12.8. The first-order valence-electron chi connectivity index (χ1n) is 7.33. The second-order valence-electron chi connectivity index (χ2n) is 5.70. The van der Waals surface area contributed by atoms with E-state index in [0.29, 0.717) is 18.7 Å². The van der Waals surface area contributed by atoms with Crippen molar-refractivity contribution in [3.8, 4) is 11.5 Å². The number of methoxy groups -OCH3 is 2. The first-order valence-corrected chi connectivity index (χ1v) is 7.33. The average molecular weight is 292 g/mol. The Bertz CT molecular complexity index is 496. The van der Waals surface area contributed by atoms with Crippen molar-refractivity contribution >= 4 is 5.91 Å². The van der Waals surface area contributed by atoms with Gasteiger partial charge in [-0.15, -0.1) is 0 Å². The Morgan fingerprint density at radius 3 is 2.62 bits per heavy atom. The van der Waals surface area contributed by atoms with Crippen LogP contribution in [0.25, 0.3) is 0 Å². The highest BCUT2D eigenvalue weighted by Gasteiger charge is 2.31. The van der Waals surface area contributed by atoms with E-state index in [0.717, 1.165) is 37.0 Å². The van der Waals surface area contributed by atoms with E-state index < -0.39 is 0 Å². The lowest BCUT2D eigenvalue weighted by Gasteiger charge is -2.22. The number of ether oxygens (including phenoxy) is 2. The normalized spacial score (nSPS) is 16.5. The molecule has 0 atom stereocenters. The number of nitrogens with two attached hydrogens (primary N) is 1. The third-order valence-electron chi connectivity index (χ3n) is 4.08. The molecule has 1 fully saturated rings. The quantitative estimate of drug-likeness (QED) is 0.841. The summed E-state index contributed by atoms with van der Waals surface area (Å²) in [6, 6.07) is 5.56. The van der Waals surface area contributed by atoms with Crippen molar-refractivity contribution in [2.24, 2.45) is 5.73 Å². The van der Waals surface area contributed by atoms with Gasteiger partial charge in [0.05, 0.1) is 14.2 Å². The summed E-state index contributed by atoms with van der Waals surface area (Å²) in [5.41, 5.74) is 6.83. The van der Waals surface area contributed by atoms with Crippen LogP contribution in [-0.4, -0.2) is 25.7 Å². The standard InChI is InChI=1S/C16H24N2O3/c1-20-13-6-5-12(14(9-13)21-2)11-18-15(19)10-16(17)7-3-4-8-16/h5-6,9H,3-4,7-8,10-11,17H2,1-2H3,(H,18,19). The maximum atomic E-state index is 12.0. The lowest BCUT2D eigenvalue weighted by atomic mass is 9.94. The third-order valence-corrected chi connectivity index (χ3v) is 4.08. The van der Waals surface area contributed by atoms with E-state index in [2.05, 4.69) is 5.32 Å². The molecule has 1 aromatic carbocycles. The number of hydrogen-bond donors (Lipinski definition) is 2. The molecule has 1 saturated carbocycles. The summed E-state index contributed by atoms with van der Waals surface area (Å²) >= 11 is 0. The number of amides is 1. The first kappa shape index (κ1) is 15.6. The summed E-state index contributed by atoms with van der Waals surface area (Å²) in [5.74, 6) is 1.43. The fourth-order valence-corrected chi connectivity index (χ4v) is 2.83. The fraction of sp³-hybridized carbons (Fsp3) is 0.562. The minimum absolute atomic E-state index is 0.00253. The molecule has 116 valence electrons. The summed E-state index contributed by atoms with van der Waals surface area (Å²) in [4.78, 5) is 12.0. The molecule has 5 heteroatoms. The van der Waals surface area contributed by atoms with Crippen LogP contribution < -0.4 is 20.5 Å². The summed E-state index contributed by atoms with van der Waals surface area (Å²) < 4.78 is 10.5. The van der Waals surface area contributed by atoms with Gasteiger partial charge in [-0.3, -0.25) is 4.79 Å². The van der Waals surface area contributed by atoms with Crippen molar-refractivity contribution in [3.05, 3.63) is 23.8 Å². The Balaban J connectivity index is 1.91. The van der Waals surface area contributed by atoms with Crippen LogP contribution in [0.15, 0.2) is 18.2 Å². The van der Waals surface area contributed by atoms with Gasteiger partial charge in [0.15, 0.2) is 0 Å². The van der Waals surface area contributed by atoms with Crippen molar-refractivity contribution in [3.63, 3.8) is 0 Å². The topological polar surface area (TPSA) is 73.6 Å². The second-order valence-corrected chi connectivity index (χ2v) is 5.70. The molecular weight excluding hydrogens is 268 g/mol. The van der Waals surface area contributed by atoms with E-state index in [4.69, 9.17) is 15.2 Å². The van der Waals surface area contributed by atoms with Crippen LogP contribution in [0, 0.1) is 0 Å².